The van der Waals surface area contributed by atoms with E-state index in [1.165, 1.54) is 9.09 Å². The number of hydrogen-bond donors (Lipinski definition) is 1. The summed E-state index contributed by atoms with van der Waals surface area (Å²) in [5, 5.41) is 11.7. The van der Waals surface area contributed by atoms with Gasteiger partial charge in [0.2, 0.25) is 0 Å². The Morgan fingerprint density at radius 3 is 2.48 bits per heavy atom. The quantitative estimate of drug-likeness (QED) is 0.535. The molecule has 2 aromatic rings. The van der Waals surface area contributed by atoms with Gasteiger partial charge in [0, 0.05) is 41.8 Å². The number of halogens is 2. The first kappa shape index (κ1) is 24.9. The normalized spacial score (nSPS) is 18.9. The van der Waals surface area contributed by atoms with Gasteiger partial charge in [-0.2, -0.15) is 0 Å². The zero-order valence-electron chi connectivity index (χ0n) is 17.8. The van der Waals surface area contributed by atoms with E-state index < -0.39 is 5.60 Å². The number of likely N-dealkylation sites (tertiary alicyclic amines) is 1. The van der Waals surface area contributed by atoms with Crippen LogP contribution in [0.15, 0.2) is 34.5 Å². The lowest BCUT2D eigenvalue weighted by Gasteiger charge is -2.38. The molecular weight excluding hydrogens is 471 g/mol. The van der Waals surface area contributed by atoms with Crippen LogP contribution < -0.4 is 0 Å². The number of carbonyl (C=O) groups is 1. The lowest BCUT2D eigenvalue weighted by atomic mass is 9.84. The predicted octanol–water partition coefficient (Wildman–Crippen LogP) is 5.44. The van der Waals surface area contributed by atoms with Crippen LogP contribution >= 0.6 is 47.1 Å². The third kappa shape index (κ3) is 5.98. The molecule has 4 nitrogen and oxygen atoms in total. The first-order valence-electron chi connectivity index (χ1n) is 10.7. The Morgan fingerprint density at radius 2 is 1.77 bits per heavy atom. The molecule has 0 bridgehead atoms. The van der Waals surface area contributed by atoms with Crippen LogP contribution in [0.25, 0.3) is 0 Å². The maximum atomic E-state index is 12.8. The third-order valence-corrected chi connectivity index (χ3v) is 8.72. The Bertz CT molecular complexity index is 880. The monoisotopic (exact) mass is 500 g/mol. The predicted molar refractivity (Wildman–Crippen MR) is 133 cm³/mol. The van der Waals surface area contributed by atoms with Gasteiger partial charge >= 0.3 is 0 Å². The van der Waals surface area contributed by atoms with E-state index in [2.05, 4.69) is 11.8 Å². The highest BCUT2D eigenvalue weighted by Gasteiger charge is 2.33. The maximum absolute atomic E-state index is 12.8. The van der Waals surface area contributed by atoms with Crippen molar-refractivity contribution in [3.8, 4) is 0 Å². The van der Waals surface area contributed by atoms with Crippen LogP contribution in [0.5, 0.6) is 0 Å². The van der Waals surface area contributed by atoms with Crippen LogP contribution in [0.2, 0.25) is 5.02 Å². The van der Waals surface area contributed by atoms with Gasteiger partial charge in [0.05, 0.1) is 15.4 Å². The highest BCUT2D eigenvalue weighted by molar-refractivity contribution is 8.01. The van der Waals surface area contributed by atoms with E-state index in [1.807, 2.05) is 47.0 Å². The second-order valence-electron chi connectivity index (χ2n) is 8.29. The van der Waals surface area contributed by atoms with Gasteiger partial charge < -0.3 is 14.9 Å². The minimum absolute atomic E-state index is 0. The molecule has 1 aromatic heterocycles. The highest BCUT2D eigenvalue weighted by atomic mass is 35.5. The highest BCUT2D eigenvalue weighted by Crippen LogP contribution is 2.35. The maximum Gasteiger partial charge on any atom is 0.255 e. The molecule has 1 fully saturated rings. The molecule has 0 radical (unpaired) electrons. The summed E-state index contributed by atoms with van der Waals surface area (Å²) in [6.07, 6.45) is 3.59. The van der Waals surface area contributed by atoms with Crippen LogP contribution in [0.3, 0.4) is 0 Å². The number of fused-ring (bicyclic) bond motifs is 1. The van der Waals surface area contributed by atoms with E-state index in [-0.39, 0.29) is 18.3 Å². The summed E-state index contributed by atoms with van der Waals surface area (Å²) in [5.74, 6) is 1.18. The molecule has 1 saturated heterocycles. The number of carbonyl (C=O) groups excluding carboxylic acids is 1. The molecule has 170 valence electrons. The van der Waals surface area contributed by atoms with Gasteiger partial charge in [-0.25, -0.2) is 0 Å². The number of hydrogen-bond acceptors (Lipinski definition) is 5. The van der Waals surface area contributed by atoms with E-state index in [1.54, 1.807) is 11.3 Å². The van der Waals surface area contributed by atoms with Crippen LogP contribution in [0, 0.1) is 6.92 Å². The molecule has 0 spiro atoms. The van der Waals surface area contributed by atoms with Crippen molar-refractivity contribution in [3.05, 3.63) is 51.4 Å². The van der Waals surface area contributed by atoms with Crippen LogP contribution in [0.1, 0.15) is 46.5 Å². The number of aryl methyl sites for hydroxylation is 1. The average molecular weight is 502 g/mol. The SMILES string of the molecule is Cc1cc2c(s1)SCCN(CCCCN1CCC(O)(c3ccc(Cl)cc3)CC1)C2=O.Cl. The average Bonchev–Trinajstić information content (AvgIpc) is 3.05. The van der Waals surface area contributed by atoms with Crippen LogP contribution in [-0.2, 0) is 5.60 Å². The fourth-order valence-electron chi connectivity index (χ4n) is 4.32. The van der Waals surface area contributed by atoms with E-state index in [0.717, 1.165) is 75.3 Å². The summed E-state index contributed by atoms with van der Waals surface area (Å²) in [6, 6.07) is 9.63. The van der Waals surface area contributed by atoms with Gasteiger partial charge in [-0.3, -0.25) is 4.79 Å². The van der Waals surface area contributed by atoms with Gasteiger partial charge in [-0.1, -0.05) is 23.7 Å². The molecule has 0 aliphatic carbocycles. The summed E-state index contributed by atoms with van der Waals surface area (Å²) in [4.78, 5) is 18.5. The van der Waals surface area contributed by atoms with Crippen molar-refractivity contribution in [2.45, 2.75) is 42.4 Å². The van der Waals surface area contributed by atoms with Gasteiger partial charge in [-0.05, 0) is 62.9 Å². The molecule has 1 amide bonds. The van der Waals surface area contributed by atoms with Gasteiger partial charge in [0.1, 0.15) is 0 Å². The number of thiophene rings is 1. The van der Waals surface area contributed by atoms with E-state index >= 15 is 0 Å². The van der Waals surface area contributed by atoms with Gasteiger partial charge in [-0.15, -0.1) is 35.5 Å². The summed E-state index contributed by atoms with van der Waals surface area (Å²) < 4.78 is 1.18. The fourth-order valence-corrected chi connectivity index (χ4v) is 6.85. The minimum atomic E-state index is -0.742. The Kier molecular flexibility index (Phi) is 8.75. The number of unbranched alkanes of at least 4 members (excludes halogenated alkanes) is 1. The smallest absolute Gasteiger partial charge is 0.255 e. The Balaban J connectivity index is 0.00000272. The molecule has 4 rings (SSSR count). The van der Waals surface area contributed by atoms with Gasteiger partial charge in [0.15, 0.2) is 0 Å². The lowest BCUT2D eigenvalue weighted by Crippen LogP contribution is -2.43. The molecule has 0 unspecified atom stereocenters. The van der Waals surface area contributed by atoms with Crippen molar-refractivity contribution < 1.29 is 9.90 Å². The number of rotatable bonds is 6. The molecule has 1 aromatic carbocycles. The molecule has 2 aliphatic heterocycles. The summed E-state index contributed by atoms with van der Waals surface area (Å²) >= 11 is 9.53. The Morgan fingerprint density at radius 1 is 1.10 bits per heavy atom. The summed E-state index contributed by atoms with van der Waals surface area (Å²) in [5.41, 5.74) is 1.12. The number of benzene rings is 1. The zero-order chi connectivity index (χ0) is 21.1. The van der Waals surface area contributed by atoms with Crippen LogP contribution in [-0.4, -0.2) is 59.3 Å². The lowest BCUT2D eigenvalue weighted by molar-refractivity contribution is -0.0261. The number of thioether (sulfide) groups is 1. The zero-order valence-corrected chi connectivity index (χ0v) is 21.0. The molecule has 1 N–H and O–H groups in total. The number of piperidine rings is 1. The van der Waals surface area contributed by atoms with Crippen molar-refractivity contribution in [2.24, 2.45) is 0 Å². The first-order valence-corrected chi connectivity index (χ1v) is 12.9. The van der Waals surface area contributed by atoms with Crippen molar-refractivity contribution >= 4 is 53.0 Å². The molecule has 31 heavy (non-hydrogen) atoms. The Hall–Kier alpha value is -0.760. The molecule has 0 atom stereocenters. The summed E-state index contributed by atoms with van der Waals surface area (Å²) in [6.45, 7) is 6.56. The molecule has 2 aliphatic rings. The topological polar surface area (TPSA) is 43.8 Å². The van der Waals surface area contributed by atoms with E-state index in [4.69, 9.17) is 11.6 Å². The van der Waals surface area contributed by atoms with Crippen LogP contribution in [0.4, 0.5) is 0 Å². The first-order chi connectivity index (χ1) is 14.4. The van der Waals surface area contributed by atoms with Gasteiger partial charge in [0.25, 0.3) is 5.91 Å². The largest absolute Gasteiger partial charge is 0.385 e. The van der Waals surface area contributed by atoms with Crippen molar-refractivity contribution in [1.82, 2.24) is 9.80 Å². The van der Waals surface area contributed by atoms with Crippen molar-refractivity contribution in [1.29, 1.82) is 0 Å². The number of aliphatic hydroxyl groups is 1. The summed E-state index contributed by atoms with van der Waals surface area (Å²) in [7, 11) is 0. The molecule has 8 heteroatoms. The number of amides is 1. The minimum Gasteiger partial charge on any atom is -0.385 e. The standard InChI is InChI=1S/C23H29ClN2O2S2.ClH/c1-17-16-20-21(27)26(14-15-29-22(20)30-17)11-3-2-10-25-12-8-23(28,9-13-25)18-4-6-19(24)7-5-18;/h4-7,16,28H,2-3,8-15H2,1H3;1H. The molecule has 3 heterocycles. The van der Waals surface area contributed by atoms with E-state index in [9.17, 15) is 9.90 Å². The second kappa shape index (κ2) is 10.9. The molecule has 0 saturated carbocycles. The Labute approximate surface area is 204 Å². The fraction of sp³-hybridized carbons (Fsp3) is 0.522. The second-order valence-corrected chi connectivity index (χ2v) is 11.3. The molecular formula is C23H30Cl2N2O2S2. The van der Waals surface area contributed by atoms with E-state index in [0.29, 0.717) is 5.02 Å². The third-order valence-electron chi connectivity index (χ3n) is 6.15. The van der Waals surface area contributed by atoms with Crippen molar-refractivity contribution in [3.63, 3.8) is 0 Å². The number of nitrogens with zero attached hydrogens (tertiary/aromatic N) is 2. The van der Waals surface area contributed by atoms with Crippen molar-refractivity contribution in [2.75, 3.05) is 38.5 Å².